The molecule has 9 heteroatoms. The standard InChI is InChI=1S/C47H91N2O6P/c1-6-8-10-12-14-16-18-20-22-24-25-27-29-31-33-35-37-39-41-47(51)48-45(44-55-56(52,53)54-43-42-49(3,4)5)46(50)40-38-36-34-32-30-28-26-23-21-19-17-15-13-11-9-7-2/h22,24,30,32,38,40,45-46,50H,6-21,23,25-29,31,33-37,39,41-44H2,1-5H3,(H-,48,51,52,53)/b24-22-,32-30+,40-38+. The molecule has 0 rings (SSSR count). The largest absolute Gasteiger partial charge is 0.756 e. The fourth-order valence-electron chi connectivity index (χ4n) is 6.57. The number of nitrogens with zero attached hydrogens (tertiary/aromatic N) is 1. The third kappa shape index (κ3) is 40.9. The Hall–Kier alpha value is -1.28. The predicted molar refractivity (Wildman–Crippen MR) is 238 cm³/mol. The zero-order chi connectivity index (χ0) is 41.4. The summed E-state index contributed by atoms with van der Waals surface area (Å²) < 4.78 is 23.2. The number of likely N-dealkylation sites (N-methyl/N-ethyl adjacent to an activating group) is 1. The van der Waals surface area contributed by atoms with Crippen LogP contribution in [0.15, 0.2) is 36.5 Å². The Morgan fingerprint density at radius 3 is 1.45 bits per heavy atom. The maximum absolute atomic E-state index is 12.9. The summed E-state index contributed by atoms with van der Waals surface area (Å²) >= 11 is 0. The number of carbonyl (C=O) groups excluding carboxylic acids is 1. The van der Waals surface area contributed by atoms with Crippen molar-refractivity contribution in [2.45, 2.75) is 219 Å². The summed E-state index contributed by atoms with van der Waals surface area (Å²) in [6.07, 6.45) is 47.6. The van der Waals surface area contributed by atoms with Crippen molar-refractivity contribution >= 4 is 13.7 Å². The summed E-state index contributed by atoms with van der Waals surface area (Å²) in [4.78, 5) is 25.3. The molecular formula is C47H91N2O6P. The van der Waals surface area contributed by atoms with Crippen molar-refractivity contribution < 1.29 is 32.9 Å². The van der Waals surface area contributed by atoms with Crippen LogP contribution in [0.5, 0.6) is 0 Å². The molecule has 330 valence electrons. The first-order chi connectivity index (χ1) is 27.0. The molecule has 0 heterocycles. The van der Waals surface area contributed by atoms with E-state index in [-0.39, 0.29) is 12.5 Å². The maximum Gasteiger partial charge on any atom is 0.268 e. The average molecular weight is 811 g/mol. The van der Waals surface area contributed by atoms with Gasteiger partial charge in [-0.1, -0.05) is 179 Å². The molecule has 0 spiro atoms. The highest BCUT2D eigenvalue weighted by Gasteiger charge is 2.23. The summed E-state index contributed by atoms with van der Waals surface area (Å²) in [7, 11) is 1.24. The number of quaternary nitrogens is 1. The molecule has 56 heavy (non-hydrogen) atoms. The smallest absolute Gasteiger partial charge is 0.268 e. The summed E-state index contributed by atoms with van der Waals surface area (Å²) in [6.45, 7) is 4.62. The Bertz CT molecular complexity index is 1010. The number of phosphoric ester groups is 1. The minimum absolute atomic E-state index is 0.00707. The first-order valence-electron chi connectivity index (χ1n) is 23.4. The van der Waals surface area contributed by atoms with Crippen molar-refractivity contribution in [2.24, 2.45) is 0 Å². The second kappa shape index (κ2) is 39.2. The van der Waals surface area contributed by atoms with E-state index in [1.54, 1.807) is 6.08 Å². The van der Waals surface area contributed by atoms with Crippen molar-refractivity contribution in [3.8, 4) is 0 Å². The molecule has 0 aromatic carbocycles. The van der Waals surface area contributed by atoms with Gasteiger partial charge in [0.2, 0.25) is 5.91 Å². The zero-order valence-corrected chi connectivity index (χ0v) is 38.2. The number of nitrogens with one attached hydrogen (secondary N) is 1. The van der Waals surface area contributed by atoms with Crippen LogP contribution in [-0.4, -0.2) is 68.5 Å². The van der Waals surface area contributed by atoms with Crippen LogP contribution in [0.3, 0.4) is 0 Å². The number of carbonyl (C=O) groups is 1. The van der Waals surface area contributed by atoms with Crippen LogP contribution in [0.2, 0.25) is 0 Å². The number of amides is 1. The lowest BCUT2D eigenvalue weighted by Crippen LogP contribution is -2.45. The van der Waals surface area contributed by atoms with Crippen molar-refractivity contribution in [3.63, 3.8) is 0 Å². The monoisotopic (exact) mass is 811 g/mol. The normalized spacial score (nSPS) is 14.6. The summed E-state index contributed by atoms with van der Waals surface area (Å²) in [5, 5.41) is 13.8. The summed E-state index contributed by atoms with van der Waals surface area (Å²) in [5.41, 5.74) is 0. The third-order valence-corrected chi connectivity index (χ3v) is 11.3. The number of phosphoric acid groups is 1. The number of allylic oxidation sites excluding steroid dienone is 5. The van der Waals surface area contributed by atoms with Crippen LogP contribution in [0.1, 0.15) is 206 Å². The Balaban J connectivity index is 4.44. The molecule has 0 aliphatic carbocycles. The molecular weight excluding hydrogens is 719 g/mol. The Kier molecular flexibility index (Phi) is 38.3. The highest BCUT2D eigenvalue weighted by molar-refractivity contribution is 7.45. The van der Waals surface area contributed by atoms with Gasteiger partial charge in [-0.2, -0.15) is 0 Å². The molecule has 0 radical (unpaired) electrons. The van der Waals surface area contributed by atoms with Gasteiger partial charge in [0.05, 0.1) is 39.9 Å². The number of hydrogen-bond donors (Lipinski definition) is 2. The molecule has 1 amide bonds. The lowest BCUT2D eigenvalue weighted by molar-refractivity contribution is -0.870. The number of rotatable bonds is 42. The van der Waals surface area contributed by atoms with Gasteiger partial charge in [0.15, 0.2) is 0 Å². The van der Waals surface area contributed by atoms with E-state index in [2.05, 4.69) is 43.5 Å². The number of aliphatic hydroxyl groups is 1. The van der Waals surface area contributed by atoms with Gasteiger partial charge >= 0.3 is 0 Å². The molecule has 0 aliphatic rings. The van der Waals surface area contributed by atoms with Crippen molar-refractivity contribution in [1.29, 1.82) is 0 Å². The van der Waals surface area contributed by atoms with Gasteiger partial charge in [0.25, 0.3) is 7.82 Å². The minimum atomic E-state index is -4.60. The van der Waals surface area contributed by atoms with Gasteiger partial charge in [-0.05, 0) is 57.8 Å². The highest BCUT2D eigenvalue weighted by atomic mass is 31.2. The Morgan fingerprint density at radius 2 is 1.00 bits per heavy atom. The summed E-state index contributed by atoms with van der Waals surface area (Å²) in [5.74, 6) is -0.212. The van der Waals surface area contributed by atoms with E-state index in [0.29, 0.717) is 17.4 Å². The van der Waals surface area contributed by atoms with Gasteiger partial charge in [-0.15, -0.1) is 0 Å². The molecule has 8 nitrogen and oxygen atoms in total. The van der Waals surface area contributed by atoms with Gasteiger partial charge in [-0.25, -0.2) is 0 Å². The van der Waals surface area contributed by atoms with Gasteiger partial charge in [0.1, 0.15) is 13.2 Å². The predicted octanol–water partition coefficient (Wildman–Crippen LogP) is 12.5. The van der Waals surface area contributed by atoms with E-state index in [4.69, 9.17) is 9.05 Å². The van der Waals surface area contributed by atoms with E-state index in [9.17, 15) is 19.4 Å². The lowest BCUT2D eigenvalue weighted by Gasteiger charge is -2.29. The molecule has 0 bridgehead atoms. The van der Waals surface area contributed by atoms with E-state index in [0.717, 1.165) is 38.5 Å². The molecule has 0 aliphatic heterocycles. The van der Waals surface area contributed by atoms with Crippen molar-refractivity contribution in [1.82, 2.24) is 5.32 Å². The van der Waals surface area contributed by atoms with Crippen LogP contribution in [0.4, 0.5) is 0 Å². The first-order valence-corrected chi connectivity index (χ1v) is 24.8. The number of unbranched alkanes of at least 4 members (excludes halogenated alkanes) is 25. The number of aliphatic hydroxyl groups excluding tert-OH is 1. The first kappa shape index (κ1) is 54.7. The second-order valence-corrected chi connectivity index (χ2v) is 18.5. The van der Waals surface area contributed by atoms with Gasteiger partial charge in [-0.3, -0.25) is 9.36 Å². The molecule has 0 saturated heterocycles. The van der Waals surface area contributed by atoms with Crippen LogP contribution >= 0.6 is 7.82 Å². The minimum Gasteiger partial charge on any atom is -0.756 e. The lowest BCUT2D eigenvalue weighted by atomic mass is 10.1. The van der Waals surface area contributed by atoms with E-state index in [1.165, 1.54) is 148 Å². The van der Waals surface area contributed by atoms with Crippen LogP contribution in [0, 0.1) is 0 Å². The van der Waals surface area contributed by atoms with Crippen molar-refractivity contribution in [3.05, 3.63) is 36.5 Å². The zero-order valence-electron chi connectivity index (χ0n) is 37.3. The van der Waals surface area contributed by atoms with E-state index < -0.39 is 26.6 Å². The molecule has 0 aromatic heterocycles. The molecule has 0 aromatic rings. The van der Waals surface area contributed by atoms with Gasteiger partial charge < -0.3 is 28.8 Å². The fraction of sp³-hybridized carbons (Fsp3) is 0.851. The molecule has 2 N–H and O–H groups in total. The molecule has 3 unspecified atom stereocenters. The maximum atomic E-state index is 12.9. The second-order valence-electron chi connectivity index (χ2n) is 17.1. The van der Waals surface area contributed by atoms with Crippen LogP contribution < -0.4 is 10.2 Å². The Labute approximate surface area is 347 Å². The van der Waals surface area contributed by atoms with Crippen LogP contribution in [-0.2, 0) is 18.4 Å². The van der Waals surface area contributed by atoms with Crippen molar-refractivity contribution in [2.75, 3.05) is 40.9 Å². The topological polar surface area (TPSA) is 108 Å². The number of hydrogen-bond acceptors (Lipinski definition) is 6. The quantitative estimate of drug-likeness (QED) is 0.0275. The van der Waals surface area contributed by atoms with Crippen LogP contribution in [0.25, 0.3) is 0 Å². The fourth-order valence-corrected chi connectivity index (χ4v) is 7.30. The Morgan fingerprint density at radius 1 is 0.607 bits per heavy atom. The average Bonchev–Trinajstić information content (AvgIpc) is 3.15. The molecule has 0 saturated carbocycles. The van der Waals surface area contributed by atoms with Gasteiger partial charge in [0, 0.05) is 6.42 Å². The SMILES string of the molecule is CCCCCCCCC/C=C\CCCCCCCCCC(=O)NC(COP(=O)([O-])OCC[N+](C)(C)C)C(O)/C=C/CC/C=C/CCCCCCCCCCCC. The van der Waals surface area contributed by atoms with E-state index in [1.807, 2.05) is 27.2 Å². The molecule has 3 atom stereocenters. The molecule has 0 fully saturated rings. The highest BCUT2D eigenvalue weighted by Crippen LogP contribution is 2.38. The third-order valence-electron chi connectivity index (χ3n) is 10.3. The summed E-state index contributed by atoms with van der Waals surface area (Å²) in [6, 6.07) is -0.903. The van der Waals surface area contributed by atoms with E-state index >= 15 is 0 Å².